The molecule has 0 bridgehead atoms. The van der Waals surface area contributed by atoms with Crippen molar-refractivity contribution in [2.45, 2.75) is 18.4 Å². The van der Waals surface area contributed by atoms with E-state index in [1.807, 2.05) is 0 Å². The van der Waals surface area contributed by atoms with E-state index in [4.69, 9.17) is 4.74 Å². The standard InChI is InChI=1S/C12H9NO3/c14-10-4-6-12(16-10)5-3-9-8(11(12)15)2-1-7-13-9/h1-3,5,7H,4,6H2/t12-/m1/s1. The number of fused-ring (bicyclic) bond motifs is 1. The van der Waals surface area contributed by atoms with Gasteiger partial charge in [0.1, 0.15) is 0 Å². The summed E-state index contributed by atoms with van der Waals surface area (Å²) in [6.07, 6.45) is 5.75. The highest BCUT2D eigenvalue weighted by molar-refractivity contribution is 6.10. The summed E-state index contributed by atoms with van der Waals surface area (Å²) < 4.78 is 5.16. The van der Waals surface area contributed by atoms with E-state index in [9.17, 15) is 9.59 Å². The molecule has 1 atom stereocenters. The molecule has 0 amide bonds. The largest absolute Gasteiger partial charge is 0.446 e. The van der Waals surface area contributed by atoms with Crippen molar-refractivity contribution in [2.75, 3.05) is 0 Å². The maximum Gasteiger partial charge on any atom is 0.307 e. The summed E-state index contributed by atoms with van der Waals surface area (Å²) in [5.74, 6) is -0.478. The quantitative estimate of drug-likeness (QED) is 0.613. The van der Waals surface area contributed by atoms with E-state index >= 15 is 0 Å². The van der Waals surface area contributed by atoms with Crippen LogP contribution < -0.4 is 0 Å². The highest BCUT2D eigenvalue weighted by Crippen LogP contribution is 2.35. The molecule has 3 rings (SSSR count). The summed E-state index contributed by atoms with van der Waals surface area (Å²) in [7, 11) is 0. The first-order chi connectivity index (χ1) is 7.71. The Hall–Kier alpha value is -1.97. The van der Waals surface area contributed by atoms with Gasteiger partial charge in [0.05, 0.1) is 12.1 Å². The number of esters is 1. The second-order valence-corrected chi connectivity index (χ2v) is 3.96. The molecule has 0 saturated carbocycles. The summed E-state index contributed by atoms with van der Waals surface area (Å²) in [5.41, 5.74) is 0.105. The molecule has 0 unspecified atom stereocenters. The second kappa shape index (κ2) is 3.01. The minimum absolute atomic E-state index is 0.163. The van der Waals surface area contributed by atoms with Gasteiger partial charge in [-0.05, 0) is 24.3 Å². The number of Topliss-reactive ketones (excluding diaryl/α,β-unsaturated/α-hetero) is 1. The molecule has 2 heterocycles. The van der Waals surface area contributed by atoms with Crippen molar-refractivity contribution in [3.05, 3.63) is 35.7 Å². The van der Waals surface area contributed by atoms with Crippen LogP contribution in [0.25, 0.3) is 6.08 Å². The van der Waals surface area contributed by atoms with Crippen LogP contribution in [0.15, 0.2) is 24.4 Å². The van der Waals surface area contributed by atoms with Crippen molar-refractivity contribution >= 4 is 17.8 Å². The molecule has 2 aliphatic rings. The monoisotopic (exact) mass is 215 g/mol. The van der Waals surface area contributed by atoms with Crippen LogP contribution in [0.4, 0.5) is 0 Å². The average molecular weight is 215 g/mol. The Morgan fingerprint density at radius 2 is 2.25 bits per heavy atom. The van der Waals surface area contributed by atoms with E-state index < -0.39 is 5.60 Å². The van der Waals surface area contributed by atoms with Crippen LogP contribution in [0.2, 0.25) is 0 Å². The van der Waals surface area contributed by atoms with E-state index in [1.54, 1.807) is 30.5 Å². The molecule has 80 valence electrons. The maximum atomic E-state index is 12.2. The topological polar surface area (TPSA) is 56.3 Å². The summed E-state index contributed by atoms with van der Waals surface area (Å²) >= 11 is 0. The van der Waals surface area contributed by atoms with Crippen LogP contribution in [-0.4, -0.2) is 22.3 Å². The van der Waals surface area contributed by atoms with Crippen molar-refractivity contribution in [1.29, 1.82) is 0 Å². The molecule has 0 aromatic carbocycles. The molecular formula is C12H9NO3. The Labute approximate surface area is 91.9 Å². The normalized spacial score (nSPS) is 27.0. The molecule has 1 spiro atoms. The van der Waals surface area contributed by atoms with Crippen molar-refractivity contribution in [2.24, 2.45) is 0 Å². The summed E-state index contributed by atoms with van der Waals surface area (Å²) in [6, 6.07) is 3.42. The van der Waals surface area contributed by atoms with Gasteiger partial charge in [0.2, 0.25) is 5.78 Å². The minimum Gasteiger partial charge on any atom is -0.446 e. The van der Waals surface area contributed by atoms with Crippen molar-refractivity contribution in [3.8, 4) is 0 Å². The van der Waals surface area contributed by atoms with Gasteiger partial charge in [-0.3, -0.25) is 14.6 Å². The van der Waals surface area contributed by atoms with Gasteiger partial charge in [-0.15, -0.1) is 0 Å². The van der Waals surface area contributed by atoms with Crippen LogP contribution in [0.5, 0.6) is 0 Å². The van der Waals surface area contributed by atoms with E-state index in [2.05, 4.69) is 4.98 Å². The fourth-order valence-corrected chi connectivity index (χ4v) is 2.13. The SMILES string of the molecule is O=C1CC[C@@]2(C=Cc3ncccc3C2=O)O1. The zero-order chi connectivity index (χ0) is 11.2. The highest BCUT2D eigenvalue weighted by Gasteiger charge is 2.47. The number of carbonyl (C=O) groups excluding carboxylic acids is 2. The molecule has 4 nitrogen and oxygen atoms in total. The zero-order valence-corrected chi connectivity index (χ0v) is 8.47. The van der Waals surface area contributed by atoms with E-state index in [1.165, 1.54) is 0 Å². The van der Waals surface area contributed by atoms with Crippen LogP contribution in [0.1, 0.15) is 28.9 Å². The number of nitrogens with zero attached hydrogens (tertiary/aromatic N) is 1. The Bertz CT molecular complexity index is 521. The number of hydrogen-bond donors (Lipinski definition) is 0. The molecule has 1 aliphatic heterocycles. The molecule has 1 aliphatic carbocycles. The number of hydrogen-bond acceptors (Lipinski definition) is 4. The van der Waals surface area contributed by atoms with Crippen LogP contribution >= 0.6 is 0 Å². The number of ether oxygens (including phenoxy) is 1. The predicted octanol–water partition coefficient (Wildman–Crippen LogP) is 1.37. The average Bonchev–Trinajstić information content (AvgIpc) is 2.68. The van der Waals surface area contributed by atoms with Gasteiger partial charge in [0.15, 0.2) is 5.60 Å². The van der Waals surface area contributed by atoms with Crippen LogP contribution in [0, 0.1) is 0 Å². The molecule has 1 aromatic heterocycles. The smallest absolute Gasteiger partial charge is 0.307 e. The van der Waals surface area contributed by atoms with Crippen molar-refractivity contribution < 1.29 is 14.3 Å². The lowest BCUT2D eigenvalue weighted by molar-refractivity contribution is -0.143. The van der Waals surface area contributed by atoms with Gasteiger partial charge in [-0.1, -0.05) is 0 Å². The van der Waals surface area contributed by atoms with Gasteiger partial charge >= 0.3 is 5.97 Å². The molecule has 1 aromatic rings. The summed E-state index contributed by atoms with van der Waals surface area (Å²) in [6.45, 7) is 0. The highest BCUT2D eigenvalue weighted by atomic mass is 16.6. The van der Waals surface area contributed by atoms with Crippen LogP contribution in [-0.2, 0) is 9.53 Å². The zero-order valence-electron chi connectivity index (χ0n) is 8.47. The van der Waals surface area contributed by atoms with Crippen molar-refractivity contribution in [3.63, 3.8) is 0 Å². The first kappa shape index (κ1) is 9.27. The second-order valence-electron chi connectivity index (χ2n) is 3.96. The molecule has 0 radical (unpaired) electrons. The van der Waals surface area contributed by atoms with Crippen molar-refractivity contribution in [1.82, 2.24) is 4.98 Å². The third kappa shape index (κ3) is 1.13. The first-order valence-electron chi connectivity index (χ1n) is 5.12. The molecule has 1 fully saturated rings. The van der Waals surface area contributed by atoms with Gasteiger partial charge < -0.3 is 4.74 Å². The van der Waals surface area contributed by atoms with Gasteiger partial charge in [-0.2, -0.15) is 0 Å². The Morgan fingerprint density at radius 1 is 1.38 bits per heavy atom. The van der Waals surface area contributed by atoms with E-state index in [0.717, 1.165) is 0 Å². The number of rotatable bonds is 0. The minimum atomic E-state index is -1.06. The summed E-state index contributed by atoms with van der Waals surface area (Å²) in [4.78, 5) is 27.5. The lowest BCUT2D eigenvalue weighted by atomic mass is 9.85. The molecule has 0 N–H and O–H groups in total. The number of pyridine rings is 1. The molecule has 1 saturated heterocycles. The Kier molecular flexibility index (Phi) is 1.74. The third-order valence-electron chi connectivity index (χ3n) is 2.97. The number of aromatic nitrogens is 1. The van der Waals surface area contributed by atoms with E-state index in [-0.39, 0.29) is 11.8 Å². The fourth-order valence-electron chi connectivity index (χ4n) is 2.13. The molecular weight excluding hydrogens is 206 g/mol. The van der Waals surface area contributed by atoms with E-state index in [0.29, 0.717) is 24.1 Å². The summed E-state index contributed by atoms with van der Waals surface area (Å²) in [5, 5.41) is 0. The van der Waals surface area contributed by atoms with Gasteiger partial charge in [0.25, 0.3) is 0 Å². The Balaban J connectivity index is 2.11. The Morgan fingerprint density at radius 3 is 3.00 bits per heavy atom. The van der Waals surface area contributed by atoms with Gasteiger partial charge in [0, 0.05) is 18.2 Å². The predicted molar refractivity (Wildman–Crippen MR) is 55.7 cm³/mol. The number of carbonyl (C=O) groups is 2. The third-order valence-corrected chi connectivity index (χ3v) is 2.97. The number of ketones is 1. The fraction of sp³-hybridized carbons (Fsp3) is 0.250. The van der Waals surface area contributed by atoms with Gasteiger partial charge in [-0.25, -0.2) is 0 Å². The molecule has 4 heteroatoms. The van der Waals surface area contributed by atoms with Crippen LogP contribution in [0.3, 0.4) is 0 Å². The maximum absolute atomic E-state index is 12.2. The molecule has 16 heavy (non-hydrogen) atoms. The lowest BCUT2D eigenvalue weighted by Gasteiger charge is -2.25. The lowest BCUT2D eigenvalue weighted by Crippen LogP contribution is -2.38. The first-order valence-corrected chi connectivity index (χ1v) is 5.12.